The van der Waals surface area contributed by atoms with Gasteiger partial charge in [0, 0.05) is 25.9 Å². The van der Waals surface area contributed by atoms with E-state index in [-0.39, 0.29) is 5.91 Å². The van der Waals surface area contributed by atoms with Crippen LogP contribution in [0.3, 0.4) is 0 Å². The highest BCUT2D eigenvalue weighted by Gasteiger charge is 2.29. The lowest BCUT2D eigenvalue weighted by atomic mass is 10.3. The Bertz CT molecular complexity index is 397. The van der Waals surface area contributed by atoms with Crippen molar-refractivity contribution in [3.8, 4) is 0 Å². The molecule has 1 fully saturated rings. The van der Waals surface area contributed by atoms with E-state index in [2.05, 4.69) is 4.90 Å². The maximum Gasteiger partial charge on any atom is 0.240 e. The van der Waals surface area contributed by atoms with E-state index in [0.29, 0.717) is 19.6 Å². The van der Waals surface area contributed by atoms with Crippen LogP contribution in [-0.4, -0.2) is 74.9 Å². The molecule has 0 radical (unpaired) electrons. The number of sulfone groups is 1. The maximum absolute atomic E-state index is 12.1. The first-order chi connectivity index (χ1) is 8.86. The van der Waals surface area contributed by atoms with Gasteiger partial charge in [0.15, 0.2) is 9.84 Å². The van der Waals surface area contributed by atoms with Crippen LogP contribution in [0.25, 0.3) is 0 Å². The van der Waals surface area contributed by atoms with Gasteiger partial charge in [-0.15, -0.1) is 0 Å². The third-order valence-corrected chi connectivity index (χ3v) is 5.05. The van der Waals surface area contributed by atoms with Gasteiger partial charge in [0.25, 0.3) is 0 Å². The summed E-state index contributed by atoms with van der Waals surface area (Å²) in [7, 11) is -3.31. The standard InChI is InChI=1S/C12H25N3O3S/c1-11(19(2,17)18)12(16)15-8-4-7-14(9-10-15)6-3-5-13/h11H,3-10,13H2,1-2H3. The Balaban J connectivity index is 2.55. The fourth-order valence-corrected chi connectivity index (χ4v) is 2.69. The second-order valence-corrected chi connectivity index (χ2v) is 7.50. The zero-order chi connectivity index (χ0) is 14.5. The van der Waals surface area contributed by atoms with Gasteiger partial charge in [-0.1, -0.05) is 0 Å². The van der Waals surface area contributed by atoms with Gasteiger partial charge in [0.1, 0.15) is 5.25 Å². The van der Waals surface area contributed by atoms with E-state index >= 15 is 0 Å². The van der Waals surface area contributed by atoms with Crippen LogP contribution in [0.1, 0.15) is 19.8 Å². The molecule has 19 heavy (non-hydrogen) atoms. The van der Waals surface area contributed by atoms with Gasteiger partial charge < -0.3 is 15.5 Å². The van der Waals surface area contributed by atoms with Crippen LogP contribution in [-0.2, 0) is 14.6 Å². The molecule has 2 N–H and O–H groups in total. The van der Waals surface area contributed by atoms with Gasteiger partial charge >= 0.3 is 0 Å². The average Bonchev–Trinajstić information content (AvgIpc) is 2.58. The van der Waals surface area contributed by atoms with Crippen molar-refractivity contribution >= 4 is 15.7 Å². The summed E-state index contributed by atoms with van der Waals surface area (Å²) in [5.74, 6) is -0.275. The summed E-state index contributed by atoms with van der Waals surface area (Å²) in [5, 5.41) is -0.942. The van der Waals surface area contributed by atoms with Crippen LogP contribution in [0, 0.1) is 0 Å². The van der Waals surface area contributed by atoms with Crippen LogP contribution in [0.5, 0.6) is 0 Å². The maximum atomic E-state index is 12.1. The van der Waals surface area contributed by atoms with E-state index in [9.17, 15) is 13.2 Å². The number of nitrogens with two attached hydrogens (primary N) is 1. The monoisotopic (exact) mass is 291 g/mol. The largest absolute Gasteiger partial charge is 0.340 e. The highest BCUT2D eigenvalue weighted by molar-refractivity contribution is 7.92. The van der Waals surface area contributed by atoms with E-state index < -0.39 is 15.1 Å². The molecule has 0 bridgehead atoms. The Morgan fingerprint density at radius 3 is 2.53 bits per heavy atom. The number of amides is 1. The Morgan fingerprint density at radius 2 is 1.95 bits per heavy atom. The molecule has 0 aliphatic carbocycles. The van der Waals surface area contributed by atoms with Gasteiger partial charge in [-0.2, -0.15) is 0 Å². The van der Waals surface area contributed by atoms with Crippen LogP contribution >= 0.6 is 0 Å². The van der Waals surface area contributed by atoms with Gasteiger partial charge in [-0.05, 0) is 39.4 Å². The molecule has 1 saturated heterocycles. The first-order valence-electron chi connectivity index (χ1n) is 6.76. The number of carbonyl (C=O) groups is 1. The molecule has 1 rings (SSSR count). The molecule has 0 saturated carbocycles. The Hall–Kier alpha value is -0.660. The fourth-order valence-electron chi connectivity index (χ4n) is 2.17. The molecule has 0 aromatic carbocycles. The number of hydrogen-bond acceptors (Lipinski definition) is 5. The summed E-state index contributed by atoms with van der Waals surface area (Å²) in [6.07, 6.45) is 2.95. The molecule has 112 valence electrons. The van der Waals surface area contributed by atoms with Crippen molar-refractivity contribution in [1.29, 1.82) is 0 Å². The zero-order valence-corrected chi connectivity index (χ0v) is 12.7. The summed E-state index contributed by atoms with van der Waals surface area (Å²) < 4.78 is 22.9. The summed E-state index contributed by atoms with van der Waals surface area (Å²) >= 11 is 0. The molecule has 1 unspecified atom stereocenters. The Labute approximate surface area is 115 Å². The van der Waals surface area contributed by atoms with Crippen LogP contribution < -0.4 is 5.73 Å². The number of nitrogens with zero attached hydrogens (tertiary/aromatic N) is 2. The summed E-state index contributed by atoms with van der Waals surface area (Å²) in [6, 6.07) is 0. The third-order valence-electron chi connectivity index (χ3n) is 3.57. The quantitative estimate of drug-likeness (QED) is 0.724. The molecule has 1 aliphatic rings. The number of hydrogen-bond donors (Lipinski definition) is 1. The number of carbonyl (C=O) groups excluding carboxylic acids is 1. The van der Waals surface area contributed by atoms with E-state index in [1.54, 1.807) is 4.90 Å². The minimum absolute atomic E-state index is 0.275. The molecule has 7 heteroatoms. The van der Waals surface area contributed by atoms with Crippen molar-refractivity contribution in [2.24, 2.45) is 5.73 Å². The van der Waals surface area contributed by atoms with E-state index in [0.717, 1.165) is 38.7 Å². The zero-order valence-electron chi connectivity index (χ0n) is 11.8. The molecular weight excluding hydrogens is 266 g/mol. The van der Waals surface area contributed by atoms with Crippen molar-refractivity contribution < 1.29 is 13.2 Å². The summed E-state index contributed by atoms with van der Waals surface area (Å²) in [5.41, 5.74) is 5.49. The van der Waals surface area contributed by atoms with Crippen LogP contribution in [0.15, 0.2) is 0 Å². The Kier molecular flexibility index (Phi) is 6.22. The van der Waals surface area contributed by atoms with Crippen molar-refractivity contribution in [3.05, 3.63) is 0 Å². The highest BCUT2D eigenvalue weighted by atomic mass is 32.2. The molecule has 1 aliphatic heterocycles. The molecule has 0 aromatic rings. The summed E-state index contributed by atoms with van der Waals surface area (Å²) in [4.78, 5) is 16.1. The SMILES string of the molecule is CC(C(=O)N1CCCN(CCCN)CC1)S(C)(=O)=O. The minimum atomic E-state index is -3.31. The van der Waals surface area contributed by atoms with E-state index in [1.807, 2.05) is 0 Å². The normalized spacial score (nSPS) is 20.1. The van der Waals surface area contributed by atoms with Gasteiger partial charge in [0.2, 0.25) is 5.91 Å². The molecule has 0 aromatic heterocycles. The van der Waals surface area contributed by atoms with Crippen molar-refractivity contribution in [1.82, 2.24) is 9.80 Å². The Morgan fingerprint density at radius 1 is 1.26 bits per heavy atom. The summed E-state index contributed by atoms with van der Waals surface area (Å²) in [6.45, 7) is 6.06. The highest BCUT2D eigenvalue weighted by Crippen LogP contribution is 2.09. The second kappa shape index (κ2) is 7.21. The molecule has 1 amide bonds. The van der Waals surface area contributed by atoms with Crippen molar-refractivity contribution in [3.63, 3.8) is 0 Å². The first-order valence-corrected chi connectivity index (χ1v) is 8.71. The lowest BCUT2D eigenvalue weighted by molar-refractivity contribution is -0.130. The minimum Gasteiger partial charge on any atom is -0.340 e. The van der Waals surface area contributed by atoms with Crippen LogP contribution in [0.4, 0.5) is 0 Å². The van der Waals surface area contributed by atoms with E-state index in [1.165, 1.54) is 6.92 Å². The fraction of sp³-hybridized carbons (Fsp3) is 0.917. The third kappa shape index (κ3) is 5.08. The smallest absolute Gasteiger partial charge is 0.240 e. The van der Waals surface area contributed by atoms with Crippen LogP contribution in [0.2, 0.25) is 0 Å². The predicted molar refractivity (Wildman–Crippen MR) is 75.6 cm³/mol. The molecule has 6 nitrogen and oxygen atoms in total. The van der Waals surface area contributed by atoms with Crippen molar-refractivity contribution in [2.75, 3.05) is 45.5 Å². The average molecular weight is 291 g/mol. The molecule has 1 atom stereocenters. The predicted octanol–water partition coefficient (Wildman–Crippen LogP) is -0.697. The molecule has 0 spiro atoms. The first kappa shape index (κ1) is 16.4. The van der Waals surface area contributed by atoms with Gasteiger partial charge in [0.05, 0.1) is 0 Å². The van der Waals surface area contributed by atoms with E-state index in [4.69, 9.17) is 5.73 Å². The molecular formula is C12H25N3O3S. The van der Waals surface area contributed by atoms with Crippen molar-refractivity contribution in [2.45, 2.75) is 25.0 Å². The number of rotatable bonds is 5. The lowest BCUT2D eigenvalue weighted by Gasteiger charge is -2.24. The van der Waals surface area contributed by atoms with Gasteiger partial charge in [-0.3, -0.25) is 4.79 Å². The topological polar surface area (TPSA) is 83.7 Å². The molecule has 1 heterocycles. The van der Waals surface area contributed by atoms with Gasteiger partial charge in [-0.25, -0.2) is 8.42 Å². The second-order valence-electron chi connectivity index (χ2n) is 5.13. The lowest BCUT2D eigenvalue weighted by Crippen LogP contribution is -2.43.